The van der Waals surface area contributed by atoms with Crippen molar-refractivity contribution in [2.75, 3.05) is 26.7 Å². The quantitative estimate of drug-likeness (QED) is 0.364. The average molecular weight is 538 g/mol. The van der Waals surface area contributed by atoms with Gasteiger partial charge in [0.2, 0.25) is 0 Å². The predicted molar refractivity (Wildman–Crippen MR) is 142 cm³/mol. The molecule has 3 N–H and O–H groups in total. The largest absolute Gasteiger partial charge is 0.465 e. The molecule has 4 aromatic rings. The number of nitrogens with zero attached hydrogens (tertiary/aromatic N) is 4. The molecule has 2 fully saturated rings. The molecule has 0 radical (unpaired) electrons. The minimum atomic E-state index is -1.14. The van der Waals surface area contributed by atoms with Crippen molar-refractivity contribution >= 4 is 38.5 Å². The molecule has 0 aliphatic carbocycles. The van der Waals surface area contributed by atoms with E-state index < -0.39 is 24.1 Å². The number of benzene rings is 2. The number of likely N-dealkylation sites (tertiary alicyclic amines) is 2. The first-order chi connectivity index (χ1) is 18.3. The number of aliphatic hydroxyl groups excluding tert-OH is 1. The van der Waals surface area contributed by atoms with E-state index in [1.165, 1.54) is 17.4 Å². The minimum absolute atomic E-state index is 0.00925. The molecule has 4 heterocycles. The highest BCUT2D eigenvalue weighted by Crippen LogP contribution is 2.35. The third-order valence-corrected chi connectivity index (χ3v) is 8.61. The Morgan fingerprint density at radius 2 is 1.95 bits per heavy atom. The smallest absolute Gasteiger partial charge is 0.407 e. The number of aliphatic hydroxyl groups is 1. The van der Waals surface area contributed by atoms with Crippen molar-refractivity contribution in [3.05, 3.63) is 59.5 Å². The zero-order chi connectivity index (χ0) is 26.6. The Labute approximate surface area is 222 Å². The summed E-state index contributed by atoms with van der Waals surface area (Å²) in [6.07, 6.45) is 1.98. The van der Waals surface area contributed by atoms with Crippen LogP contribution in [0.1, 0.15) is 41.2 Å². The van der Waals surface area contributed by atoms with Gasteiger partial charge in [-0.1, -0.05) is 17.4 Å². The van der Waals surface area contributed by atoms with E-state index in [9.17, 15) is 19.8 Å². The van der Waals surface area contributed by atoms with Crippen LogP contribution in [0.3, 0.4) is 0 Å². The predicted octanol–water partition coefficient (Wildman–Crippen LogP) is 3.96. The van der Waals surface area contributed by atoms with E-state index in [1.807, 2.05) is 16.5 Å². The first-order valence-electron chi connectivity index (χ1n) is 12.7. The lowest BCUT2D eigenvalue weighted by Crippen LogP contribution is -2.43. The summed E-state index contributed by atoms with van der Waals surface area (Å²) in [5.41, 5.74) is 2.77. The minimum Gasteiger partial charge on any atom is -0.465 e. The maximum absolute atomic E-state index is 15.2. The second kappa shape index (κ2) is 9.64. The molecule has 2 aromatic carbocycles. The van der Waals surface area contributed by atoms with Crippen LogP contribution >= 0.6 is 11.3 Å². The number of thiazole rings is 1. The Morgan fingerprint density at radius 1 is 1.16 bits per heavy atom. The Balaban J connectivity index is 1.24. The molecule has 0 unspecified atom stereocenters. The molecule has 0 bridgehead atoms. The summed E-state index contributed by atoms with van der Waals surface area (Å²) >= 11 is 1.43. The summed E-state index contributed by atoms with van der Waals surface area (Å²) in [6, 6.07) is 9.79. The van der Waals surface area contributed by atoms with Crippen molar-refractivity contribution in [3.63, 3.8) is 0 Å². The number of amides is 2. The monoisotopic (exact) mass is 537 g/mol. The van der Waals surface area contributed by atoms with Gasteiger partial charge in [-0.25, -0.2) is 14.2 Å². The third kappa shape index (κ3) is 4.50. The van der Waals surface area contributed by atoms with Gasteiger partial charge in [-0.3, -0.25) is 14.1 Å². The molecule has 2 amide bonds. The molecule has 2 aromatic heterocycles. The van der Waals surface area contributed by atoms with Gasteiger partial charge in [-0.2, -0.15) is 0 Å². The average Bonchev–Trinajstić information content (AvgIpc) is 3.57. The van der Waals surface area contributed by atoms with Crippen molar-refractivity contribution in [3.8, 4) is 11.3 Å². The number of nitrogens with one attached hydrogen (secondary N) is 1. The fourth-order valence-electron chi connectivity index (χ4n) is 5.48. The molecule has 2 aliphatic heterocycles. The maximum Gasteiger partial charge on any atom is 0.407 e. The number of carbonyl (C=O) groups excluding carboxylic acids is 1. The number of carbonyl (C=O) groups is 2. The van der Waals surface area contributed by atoms with Gasteiger partial charge in [0.25, 0.3) is 5.91 Å². The number of halogens is 1. The van der Waals surface area contributed by atoms with E-state index in [1.54, 1.807) is 24.4 Å². The summed E-state index contributed by atoms with van der Waals surface area (Å²) in [7, 11) is 2.09. The van der Waals surface area contributed by atoms with Crippen LogP contribution in [-0.2, 0) is 0 Å². The molecule has 0 saturated carbocycles. The van der Waals surface area contributed by atoms with Crippen LogP contribution < -0.4 is 5.32 Å². The van der Waals surface area contributed by atoms with Crippen LogP contribution in [0.15, 0.2) is 42.6 Å². The van der Waals surface area contributed by atoms with Crippen LogP contribution in [0.5, 0.6) is 0 Å². The fourth-order valence-corrected chi connectivity index (χ4v) is 6.53. The summed E-state index contributed by atoms with van der Waals surface area (Å²) in [6.45, 7) is 1.96. The van der Waals surface area contributed by atoms with Crippen LogP contribution in [0.4, 0.5) is 9.18 Å². The number of carboxylic acid groups (broad SMARTS) is 1. The fraction of sp³-hybridized carbons (Fsp3) is 0.370. The first kappa shape index (κ1) is 24.8. The van der Waals surface area contributed by atoms with Crippen LogP contribution in [0.25, 0.3) is 26.4 Å². The second-order valence-corrected chi connectivity index (χ2v) is 11.2. The van der Waals surface area contributed by atoms with Gasteiger partial charge in [-0.05, 0) is 75.3 Å². The van der Waals surface area contributed by atoms with Gasteiger partial charge >= 0.3 is 6.09 Å². The lowest BCUT2D eigenvalue weighted by atomic mass is 10.0. The van der Waals surface area contributed by atoms with Crippen molar-refractivity contribution in [2.45, 2.75) is 37.5 Å². The van der Waals surface area contributed by atoms with Crippen molar-refractivity contribution in [1.29, 1.82) is 0 Å². The second-order valence-electron chi connectivity index (χ2n) is 10.2. The number of hydrogen-bond acceptors (Lipinski definition) is 6. The number of rotatable bonds is 4. The highest BCUT2D eigenvalue weighted by atomic mass is 32.1. The molecule has 2 atom stereocenters. The molecule has 2 saturated heterocycles. The van der Waals surface area contributed by atoms with Gasteiger partial charge in [0.15, 0.2) is 4.96 Å². The Kier molecular flexibility index (Phi) is 6.29. The lowest BCUT2D eigenvalue weighted by Gasteiger charge is -2.29. The van der Waals surface area contributed by atoms with E-state index >= 15 is 4.39 Å². The number of piperidine rings is 1. The van der Waals surface area contributed by atoms with Gasteiger partial charge < -0.3 is 20.4 Å². The van der Waals surface area contributed by atoms with E-state index in [0.29, 0.717) is 27.3 Å². The summed E-state index contributed by atoms with van der Waals surface area (Å²) in [4.78, 5) is 33.1. The molecule has 198 valence electrons. The SMILES string of the molecule is CN1CCC(NC(=O)c2ccc3c(c2)sc2nc(-c4ccc([C@H]5C[C@@H](O)CN5C(=O)O)cc4F)cn23)CC1. The highest BCUT2D eigenvalue weighted by Gasteiger charge is 2.35. The third-order valence-electron chi connectivity index (χ3n) is 7.59. The Morgan fingerprint density at radius 3 is 2.68 bits per heavy atom. The molecule has 38 heavy (non-hydrogen) atoms. The summed E-state index contributed by atoms with van der Waals surface area (Å²) in [5.74, 6) is -0.580. The van der Waals surface area contributed by atoms with Crippen LogP contribution in [0.2, 0.25) is 0 Å². The molecule has 6 rings (SSSR count). The summed E-state index contributed by atoms with van der Waals surface area (Å²) < 4.78 is 18.0. The summed E-state index contributed by atoms with van der Waals surface area (Å²) in [5, 5.41) is 22.5. The molecule has 11 heteroatoms. The zero-order valence-corrected chi connectivity index (χ0v) is 21.6. The number of aromatic nitrogens is 2. The van der Waals surface area contributed by atoms with Gasteiger partial charge in [-0.15, -0.1) is 0 Å². The molecular formula is C27H28FN5O4S. The maximum atomic E-state index is 15.2. The van der Waals surface area contributed by atoms with Crippen LogP contribution in [-0.4, -0.2) is 80.2 Å². The zero-order valence-electron chi connectivity index (χ0n) is 20.8. The molecular weight excluding hydrogens is 509 g/mol. The van der Waals surface area contributed by atoms with Gasteiger partial charge in [0, 0.05) is 23.4 Å². The van der Waals surface area contributed by atoms with Crippen molar-refractivity contribution in [1.82, 2.24) is 24.5 Å². The van der Waals surface area contributed by atoms with E-state index in [2.05, 4.69) is 22.2 Å². The van der Waals surface area contributed by atoms with Crippen molar-refractivity contribution in [2.24, 2.45) is 0 Å². The van der Waals surface area contributed by atoms with E-state index in [4.69, 9.17) is 0 Å². The van der Waals surface area contributed by atoms with E-state index in [0.717, 1.165) is 41.0 Å². The topological polar surface area (TPSA) is 110 Å². The van der Waals surface area contributed by atoms with E-state index in [-0.39, 0.29) is 24.9 Å². The highest BCUT2D eigenvalue weighted by molar-refractivity contribution is 7.23. The standard InChI is InChI=1S/C27H28FN5O4S/c1-31-8-6-17(7-9-31)29-25(35)16-3-5-22-24(11-16)38-26-30-21(14-32(22)26)19-4-2-15(10-20(19)28)23-12-18(34)13-33(23)27(36)37/h2-5,10-11,14,17-18,23,34H,6-9,12-13H2,1H3,(H,29,35)(H,36,37)/t18-,23-/m1/s1. The van der Waals surface area contributed by atoms with Gasteiger partial charge in [0.1, 0.15) is 5.82 Å². The normalized spacial score (nSPS) is 21.0. The molecule has 9 nitrogen and oxygen atoms in total. The molecule has 0 spiro atoms. The molecule has 2 aliphatic rings. The number of fused-ring (bicyclic) bond motifs is 3. The number of β-amino-alcohol motifs (C(OH)–C–C–N with tert-alkyl or cyclic N) is 1. The Hall–Kier alpha value is -3.54. The number of imidazole rings is 1. The van der Waals surface area contributed by atoms with Gasteiger partial charge in [0.05, 0.1) is 34.6 Å². The van der Waals surface area contributed by atoms with Crippen molar-refractivity contribution < 1.29 is 24.2 Å². The van der Waals surface area contributed by atoms with Crippen LogP contribution in [0, 0.1) is 5.82 Å². The Bertz CT molecular complexity index is 1540. The lowest BCUT2D eigenvalue weighted by molar-refractivity contribution is 0.0917. The number of hydrogen-bond donors (Lipinski definition) is 3. The first-order valence-corrected chi connectivity index (χ1v) is 13.5.